The maximum atomic E-state index is 13.6. The van der Waals surface area contributed by atoms with E-state index >= 15 is 0 Å². The molecule has 0 aliphatic carbocycles. The van der Waals surface area contributed by atoms with Gasteiger partial charge >= 0.3 is 0 Å². The fourth-order valence-electron chi connectivity index (χ4n) is 1.52. The smallest absolute Gasteiger partial charge is 0.132 e. The third kappa shape index (κ3) is 2.43. The molecule has 0 radical (unpaired) electrons. The third-order valence-corrected chi connectivity index (χ3v) is 2.69. The highest BCUT2D eigenvalue weighted by atomic mass is 35.5. The first-order valence-electron chi connectivity index (χ1n) is 4.98. The Morgan fingerprint density at radius 1 is 1.35 bits per heavy atom. The Balaban J connectivity index is 2.51. The van der Waals surface area contributed by atoms with Crippen LogP contribution in [0, 0.1) is 17.1 Å². The van der Waals surface area contributed by atoms with Crippen LogP contribution in [-0.2, 0) is 6.42 Å². The first-order chi connectivity index (χ1) is 8.22. The summed E-state index contributed by atoms with van der Waals surface area (Å²) < 4.78 is 13.6. The summed E-state index contributed by atoms with van der Waals surface area (Å²) >= 11 is 5.89. The lowest BCUT2D eigenvalue weighted by Crippen LogP contribution is -1.91. The average molecular weight is 247 g/mol. The fourth-order valence-corrected chi connectivity index (χ4v) is 1.69. The molecule has 84 valence electrons. The normalized spacial score (nSPS) is 9.94. The molecule has 0 aliphatic heterocycles. The number of halogens is 2. The Labute approximate surface area is 103 Å². The molecule has 1 aromatic carbocycles. The lowest BCUT2D eigenvalue weighted by atomic mass is 10.1. The predicted molar refractivity (Wildman–Crippen MR) is 64.0 cm³/mol. The second kappa shape index (κ2) is 4.94. The molecular formula is C13H8ClFN2. The summed E-state index contributed by atoms with van der Waals surface area (Å²) in [4.78, 5) is 4.07. The summed E-state index contributed by atoms with van der Waals surface area (Å²) in [6.07, 6.45) is 1.62. The Morgan fingerprint density at radius 3 is 2.82 bits per heavy atom. The highest BCUT2D eigenvalue weighted by molar-refractivity contribution is 6.31. The van der Waals surface area contributed by atoms with Crippen molar-refractivity contribution in [1.29, 1.82) is 5.26 Å². The van der Waals surface area contributed by atoms with E-state index in [2.05, 4.69) is 4.98 Å². The van der Waals surface area contributed by atoms with Gasteiger partial charge in [0.15, 0.2) is 0 Å². The van der Waals surface area contributed by atoms with Crippen LogP contribution >= 0.6 is 11.6 Å². The van der Waals surface area contributed by atoms with Gasteiger partial charge in [-0.3, -0.25) is 4.98 Å². The van der Waals surface area contributed by atoms with E-state index in [0.29, 0.717) is 21.8 Å². The van der Waals surface area contributed by atoms with Crippen molar-refractivity contribution in [2.75, 3.05) is 0 Å². The summed E-state index contributed by atoms with van der Waals surface area (Å²) in [6, 6.07) is 10.0. The summed E-state index contributed by atoms with van der Waals surface area (Å²) in [5, 5.41) is 9.08. The van der Waals surface area contributed by atoms with Gasteiger partial charge in [-0.1, -0.05) is 23.7 Å². The quantitative estimate of drug-likeness (QED) is 0.812. The van der Waals surface area contributed by atoms with Crippen molar-refractivity contribution < 1.29 is 4.39 Å². The lowest BCUT2D eigenvalue weighted by molar-refractivity contribution is 0.630. The molecule has 0 amide bonds. The zero-order valence-electron chi connectivity index (χ0n) is 8.82. The maximum absolute atomic E-state index is 13.6. The molecule has 0 bridgehead atoms. The topological polar surface area (TPSA) is 36.7 Å². The molecule has 0 unspecified atom stereocenters. The molecule has 0 atom stereocenters. The second-order valence-electron chi connectivity index (χ2n) is 3.48. The fraction of sp³-hybridized carbons (Fsp3) is 0.0769. The van der Waals surface area contributed by atoms with Gasteiger partial charge in [-0.05, 0) is 23.8 Å². The number of rotatable bonds is 2. The molecule has 0 spiro atoms. The van der Waals surface area contributed by atoms with Gasteiger partial charge in [0.2, 0.25) is 0 Å². The molecular weight excluding hydrogens is 239 g/mol. The van der Waals surface area contributed by atoms with E-state index in [9.17, 15) is 4.39 Å². The number of aromatic nitrogens is 1. The average Bonchev–Trinajstić information content (AvgIpc) is 2.33. The van der Waals surface area contributed by atoms with E-state index < -0.39 is 0 Å². The van der Waals surface area contributed by atoms with E-state index in [0.717, 1.165) is 0 Å². The Hall–Kier alpha value is -1.92. The third-order valence-electron chi connectivity index (χ3n) is 2.35. The molecule has 0 aliphatic rings. The van der Waals surface area contributed by atoms with E-state index in [1.54, 1.807) is 24.3 Å². The van der Waals surface area contributed by atoms with E-state index in [1.165, 1.54) is 12.3 Å². The largest absolute Gasteiger partial charge is 0.255 e. The van der Waals surface area contributed by atoms with E-state index in [4.69, 9.17) is 16.9 Å². The van der Waals surface area contributed by atoms with E-state index in [-0.39, 0.29) is 12.2 Å². The number of nitriles is 1. The SMILES string of the molecule is N#CCc1cc(-c2ccccc2F)ncc1Cl. The second-order valence-corrected chi connectivity index (χ2v) is 3.88. The Morgan fingerprint density at radius 2 is 2.12 bits per heavy atom. The van der Waals surface area contributed by atoms with Crippen molar-refractivity contribution in [2.24, 2.45) is 0 Å². The number of nitrogens with zero attached hydrogens (tertiary/aromatic N) is 2. The molecule has 2 aromatic rings. The van der Waals surface area contributed by atoms with Crippen molar-refractivity contribution in [3.63, 3.8) is 0 Å². The summed E-state index contributed by atoms with van der Waals surface area (Å²) in [7, 11) is 0. The highest BCUT2D eigenvalue weighted by Gasteiger charge is 2.08. The molecule has 0 saturated heterocycles. The van der Waals surface area contributed by atoms with Crippen molar-refractivity contribution in [1.82, 2.24) is 4.98 Å². The van der Waals surface area contributed by atoms with Crippen LogP contribution in [0.2, 0.25) is 5.02 Å². The zero-order valence-corrected chi connectivity index (χ0v) is 9.58. The highest BCUT2D eigenvalue weighted by Crippen LogP contribution is 2.24. The van der Waals surface area contributed by atoms with Crippen LogP contribution in [0.4, 0.5) is 4.39 Å². The lowest BCUT2D eigenvalue weighted by Gasteiger charge is -2.05. The molecule has 0 N–H and O–H groups in total. The monoisotopic (exact) mass is 246 g/mol. The van der Waals surface area contributed by atoms with Gasteiger partial charge in [0.1, 0.15) is 5.82 Å². The molecule has 2 nitrogen and oxygen atoms in total. The zero-order chi connectivity index (χ0) is 12.3. The molecule has 2 rings (SSSR count). The maximum Gasteiger partial charge on any atom is 0.132 e. The van der Waals surface area contributed by atoms with Crippen molar-refractivity contribution in [2.45, 2.75) is 6.42 Å². The van der Waals surface area contributed by atoms with Gasteiger partial charge < -0.3 is 0 Å². The number of hydrogen-bond donors (Lipinski definition) is 0. The molecule has 17 heavy (non-hydrogen) atoms. The molecule has 0 saturated carbocycles. The molecule has 0 fully saturated rings. The van der Waals surface area contributed by atoms with Gasteiger partial charge in [-0.15, -0.1) is 0 Å². The van der Waals surface area contributed by atoms with Gasteiger partial charge in [0, 0.05) is 11.8 Å². The first-order valence-corrected chi connectivity index (χ1v) is 5.36. The standard InChI is InChI=1S/C13H8ClFN2/c14-11-8-17-13(7-9(11)5-6-16)10-3-1-2-4-12(10)15/h1-4,7-8H,5H2. The number of hydrogen-bond acceptors (Lipinski definition) is 2. The van der Waals surface area contributed by atoms with Crippen LogP contribution in [0.25, 0.3) is 11.3 Å². The van der Waals surface area contributed by atoms with Gasteiger partial charge in [0.05, 0.1) is 23.2 Å². The number of pyridine rings is 1. The van der Waals surface area contributed by atoms with Gasteiger partial charge in [-0.2, -0.15) is 5.26 Å². The minimum atomic E-state index is -0.342. The Kier molecular flexibility index (Phi) is 3.36. The molecule has 1 aromatic heterocycles. The number of benzene rings is 1. The van der Waals surface area contributed by atoms with Crippen LogP contribution in [0.3, 0.4) is 0 Å². The van der Waals surface area contributed by atoms with Crippen LogP contribution in [0.5, 0.6) is 0 Å². The first kappa shape index (κ1) is 11.6. The van der Waals surface area contributed by atoms with Crippen LogP contribution in [0.15, 0.2) is 36.5 Å². The van der Waals surface area contributed by atoms with Crippen LogP contribution in [-0.4, -0.2) is 4.98 Å². The van der Waals surface area contributed by atoms with Crippen molar-refractivity contribution >= 4 is 11.6 Å². The molecule has 1 heterocycles. The van der Waals surface area contributed by atoms with Gasteiger partial charge in [0.25, 0.3) is 0 Å². The molecule has 4 heteroatoms. The summed E-state index contributed by atoms with van der Waals surface area (Å²) in [5.41, 5.74) is 1.54. The predicted octanol–water partition coefficient (Wildman–Crippen LogP) is 3.61. The van der Waals surface area contributed by atoms with Crippen LogP contribution < -0.4 is 0 Å². The van der Waals surface area contributed by atoms with E-state index in [1.807, 2.05) is 6.07 Å². The summed E-state index contributed by atoms with van der Waals surface area (Å²) in [5.74, 6) is -0.342. The minimum absolute atomic E-state index is 0.183. The van der Waals surface area contributed by atoms with Crippen LogP contribution in [0.1, 0.15) is 5.56 Å². The summed E-state index contributed by atoms with van der Waals surface area (Å²) in [6.45, 7) is 0. The van der Waals surface area contributed by atoms with Crippen molar-refractivity contribution in [3.8, 4) is 17.3 Å². The van der Waals surface area contributed by atoms with Gasteiger partial charge in [-0.25, -0.2) is 4.39 Å². The minimum Gasteiger partial charge on any atom is -0.255 e. The Bertz CT molecular complexity index is 590. The van der Waals surface area contributed by atoms with Crippen molar-refractivity contribution in [3.05, 3.63) is 52.9 Å².